The van der Waals surface area contributed by atoms with Crippen LogP contribution in [0.25, 0.3) is 0 Å². The minimum Gasteiger partial charge on any atom is -0.474 e. The van der Waals surface area contributed by atoms with Gasteiger partial charge < -0.3 is 20.7 Å². The zero-order valence-corrected chi connectivity index (χ0v) is 19.6. The van der Waals surface area contributed by atoms with E-state index < -0.39 is 0 Å². The van der Waals surface area contributed by atoms with E-state index in [0.717, 1.165) is 43.8 Å². The van der Waals surface area contributed by atoms with E-state index in [0.29, 0.717) is 31.6 Å². The highest BCUT2D eigenvalue weighted by Crippen LogP contribution is 2.28. The van der Waals surface area contributed by atoms with Crippen LogP contribution in [-0.2, 0) is 11.3 Å². The molecule has 0 atom stereocenters. The number of aliphatic imine (C=N–C) groups is 1. The number of halogens is 1. The van der Waals surface area contributed by atoms with Gasteiger partial charge in [0.15, 0.2) is 5.96 Å². The highest BCUT2D eigenvalue weighted by molar-refractivity contribution is 14.0. The Labute approximate surface area is 190 Å². The van der Waals surface area contributed by atoms with E-state index in [1.54, 1.807) is 0 Å². The SMILES string of the molecule is CCNC(=NCc1ccc(OC2CCCCC2)nc1)NCCNC(=O)C1CC1.I. The summed E-state index contributed by atoms with van der Waals surface area (Å²) in [4.78, 5) is 20.7. The Morgan fingerprint density at radius 2 is 1.86 bits per heavy atom. The van der Waals surface area contributed by atoms with Gasteiger partial charge in [-0.3, -0.25) is 4.79 Å². The second-order valence-electron chi connectivity index (χ2n) is 7.57. The third kappa shape index (κ3) is 8.76. The fourth-order valence-corrected chi connectivity index (χ4v) is 3.30. The number of hydrogen-bond donors (Lipinski definition) is 3. The highest BCUT2D eigenvalue weighted by Gasteiger charge is 2.28. The van der Waals surface area contributed by atoms with Crippen molar-refractivity contribution < 1.29 is 9.53 Å². The summed E-state index contributed by atoms with van der Waals surface area (Å²) >= 11 is 0. The summed E-state index contributed by atoms with van der Waals surface area (Å²) in [6.07, 6.45) is 10.3. The molecule has 2 aliphatic carbocycles. The monoisotopic (exact) mass is 515 g/mol. The van der Waals surface area contributed by atoms with E-state index in [4.69, 9.17) is 4.74 Å². The predicted octanol–water partition coefficient (Wildman–Crippen LogP) is 2.99. The molecule has 0 saturated heterocycles. The Morgan fingerprint density at radius 3 is 2.52 bits per heavy atom. The fourth-order valence-electron chi connectivity index (χ4n) is 3.30. The van der Waals surface area contributed by atoms with Crippen molar-refractivity contribution in [2.75, 3.05) is 19.6 Å². The molecule has 7 nitrogen and oxygen atoms in total. The molecule has 2 aliphatic rings. The van der Waals surface area contributed by atoms with Crippen molar-refractivity contribution in [3.63, 3.8) is 0 Å². The first-order valence-corrected chi connectivity index (χ1v) is 10.7. The normalized spacial score (nSPS) is 17.2. The van der Waals surface area contributed by atoms with Gasteiger partial charge in [0, 0.05) is 37.8 Å². The van der Waals surface area contributed by atoms with E-state index in [9.17, 15) is 4.79 Å². The number of nitrogens with zero attached hydrogens (tertiary/aromatic N) is 2. The van der Waals surface area contributed by atoms with Crippen LogP contribution in [0.4, 0.5) is 0 Å². The van der Waals surface area contributed by atoms with E-state index in [1.807, 2.05) is 25.3 Å². The molecule has 0 radical (unpaired) electrons. The first kappa shape index (κ1) is 23.7. The van der Waals surface area contributed by atoms with Crippen LogP contribution in [0, 0.1) is 5.92 Å². The lowest BCUT2D eigenvalue weighted by Gasteiger charge is -2.22. The molecule has 0 unspecified atom stereocenters. The molecule has 1 aromatic heterocycles. The molecule has 1 heterocycles. The largest absolute Gasteiger partial charge is 0.474 e. The van der Waals surface area contributed by atoms with Crippen LogP contribution in [0.2, 0.25) is 0 Å². The van der Waals surface area contributed by atoms with Gasteiger partial charge in [-0.1, -0.05) is 12.5 Å². The summed E-state index contributed by atoms with van der Waals surface area (Å²) in [7, 11) is 0. The summed E-state index contributed by atoms with van der Waals surface area (Å²) in [5, 5.41) is 9.42. The van der Waals surface area contributed by atoms with Crippen LogP contribution >= 0.6 is 24.0 Å². The lowest BCUT2D eigenvalue weighted by molar-refractivity contribution is -0.122. The molecule has 1 amide bonds. The first-order chi connectivity index (χ1) is 13.7. The maximum atomic E-state index is 11.6. The molecular weight excluding hydrogens is 481 g/mol. The molecular formula is C21H34IN5O2. The van der Waals surface area contributed by atoms with Crippen LogP contribution in [0.5, 0.6) is 5.88 Å². The van der Waals surface area contributed by atoms with Crippen LogP contribution in [-0.4, -0.2) is 42.6 Å². The molecule has 3 N–H and O–H groups in total. The van der Waals surface area contributed by atoms with Crippen molar-refractivity contribution in [1.29, 1.82) is 0 Å². The van der Waals surface area contributed by atoms with Gasteiger partial charge in [0.1, 0.15) is 6.10 Å². The lowest BCUT2D eigenvalue weighted by atomic mass is 9.98. The van der Waals surface area contributed by atoms with Crippen molar-refractivity contribution in [2.45, 2.75) is 64.5 Å². The van der Waals surface area contributed by atoms with E-state index in [-0.39, 0.29) is 35.8 Å². The van der Waals surface area contributed by atoms with Gasteiger partial charge in [-0.25, -0.2) is 9.98 Å². The van der Waals surface area contributed by atoms with E-state index in [2.05, 4.69) is 25.9 Å². The van der Waals surface area contributed by atoms with Gasteiger partial charge in [0.2, 0.25) is 11.8 Å². The van der Waals surface area contributed by atoms with Crippen LogP contribution in [0.15, 0.2) is 23.3 Å². The molecule has 0 aromatic carbocycles. The van der Waals surface area contributed by atoms with Crippen molar-refractivity contribution in [3.05, 3.63) is 23.9 Å². The number of aromatic nitrogens is 1. The maximum Gasteiger partial charge on any atom is 0.223 e. The highest BCUT2D eigenvalue weighted by atomic mass is 127. The summed E-state index contributed by atoms with van der Waals surface area (Å²) in [5.41, 5.74) is 1.04. The number of amides is 1. The molecule has 29 heavy (non-hydrogen) atoms. The van der Waals surface area contributed by atoms with Gasteiger partial charge in [0.05, 0.1) is 6.54 Å². The average molecular weight is 515 g/mol. The second-order valence-corrected chi connectivity index (χ2v) is 7.57. The molecule has 2 fully saturated rings. The number of carbonyl (C=O) groups excluding carboxylic acids is 1. The van der Waals surface area contributed by atoms with Crippen LogP contribution < -0.4 is 20.7 Å². The molecule has 0 aliphatic heterocycles. The lowest BCUT2D eigenvalue weighted by Crippen LogP contribution is -2.41. The Bertz CT molecular complexity index is 643. The van der Waals surface area contributed by atoms with Crippen molar-refractivity contribution in [2.24, 2.45) is 10.9 Å². The zero-order chi connectivity index (χ0) is 19.6. The standard InChI is InChI=1S/C21H33N5O2.HI/c1-2-22-21(24-13-12-23-20(27)17-9-10-17)26-15-16-8-11-19(25-14-16)28-18-6-4-3-5-7-18;/h8,11,14,17-18H,2-7,9-10,12-13,15H2,1H3,(H,23,27)(H2,22,24,26);1H. The Hall–Kier alpha value is -1.58. The number of hydrogen-bond acceptors (Lipinski definition) is 4. The van der Waals surface area contributed by atoms with Crippen molar-refractivity contribution in [3.8, 4) is 5.88 Å². The number of ether oxygens (including phenoxy) is 1. The van der Waals surface area contributed by atoms with Gasteiger partial charge in [-0.15, -0.1) is 24.0 Å². The van der Waals surface area contributed by atoms with Gasteiger partial charge in [0.25, 0.3) is 0 Å². The quantitative estimate of drug-likeness (QED) is 0.204. The summed E-state index contributed by atoms with van der Waals surface area (Å²) in [6, 6.07) is 3.96. The number of guanidine groups is 1. The molecule has 8 heteroatoms. The van der Waals surface area contributed by atoms with Crippen LogP contribution in [0.1, 0.15) is 57.4 Å². The maximum absolute atomic E-state index is 11.6. The van der Waals surface area contributed by atoms with E-state index >= 15 is 0 Å². The third-order valence-corrected chi connectivity index (χ3v) is 5.07. The minimum atomic E-state index is 0. The van der Waals surface area contributed by atoms with Crippen molar-refractivity contribution in [1.82, 2.24) is 20.9 Å². The van der Waals surface area contributed by atoms with Gasteiger partial charge >= 0.3 is 0 Å². The number of carbonyl (C=O) groups is 1. The molecule has 1 aromatic rings. The predicted molar refractivity (Wildman–Crippen MR) is 126 cm³/mol. The van der Waals surface area contributed by atoms with Gasteiger partial charge in [-0.2, -0.15) is 0 Å². The summed E-state index contributed by atoms with van der Waals surface area (Å²) < 4.78 is 5.97. The molecule has 162 valence electrons. The van der Waals surface area contributed by atoms with Crippen LogP contribution in [0.3, 0.4) is 0 Å². The average Bonchev–Trinajstić information content (AvgIpc) is 3.56. The topological polar surface area (TPSA) is 87.6 Å². The van der Waals surface area contributed by atoms with E-state index in [1.165, 1.54) is 19.3 Å². The Kier molecular flexibility index (Phi) is 10.5. The zero-order valence-electron chi connectivity index (χ0n) is 17.3. The van der Waals surface area contributed by atoms with Gasteiger partial charge in [-0.05, 0) is 51.0 Å². The van der Waals surface area contributed by atoms with Crippen molar-refractivity contribution >= 4 is 35.8 Å². The summed E-state index contributed by atoms with van der Waals surface area (Å²) in [5.74, 6) is 1.87. The molecule has 3 rings (SSSR count). The first-order valence-electron chi connectivity index (χ1n) is 10.7. The fraction of sp³-hybridized carbons (Fsp3) is 0.667. The molecule has 0 spiro atoms. The number of pyridine rings is 1. The number of nitrogens with one attached hydrogen (secondary N) is 3. The molecule has 0 bridgehead atoms. The number of rotatable bonds is 9. The second kappa shape index (κ2) is 12.9. The Morgan fingerprint density at radius 1 is 1.10 bits per heavy atom. The summed E-state index contributed by atoms with van der Waals surface area (Å²) in [6.45, 7) is 4.61. The molecule has 2 saturated carbocycles. The minimum absolute atomic E-state index is 0. The smallest absolute Gasteiger partial charge is 0.223 e. The third-order valence-electron chi connectivity index (χ3n) is 5.07. The Balaban J connectivity index is 0.00000300.